The normalized spacial score (nSPS) is 15.5. The fourth-order valence-electron chi connectivity index (χ4n) is 2.29. The summed E-state index contributed by atoms with van der Waals surface area (Å²) in [6.45, 7) is 8.51. The predicted molar refractivity (Wildman–Crippen MR) is 81.1 cm³/mol. The highest BCUT2D eigenvalue weighted by Gasteiger charge is 2.37. The standard InChI is InChI=1S/C16H24OSi/c1-16(2,18(3,4)17)10-9-13-11-14-7-5-6-8-15(14)12-13/h5-8,11,17H,9-10,12H2,1-4H3. The molecule has 0 aromatic heterocycles. The quantitative estimate of drug-likeness (QED) is 0.796. The van der Waals surface area contributed by atoms with Crippen molar-refractivity contribution in [2.45, 2.75) is 51.2 Å². The van der Waals surface area contributed by atoms with Crippen LogP contribution in [0.3, 0.4) is 0 Å². The topological polar surface area (TPSA) is 20.2 Å². The number of benzene rings is 1. The van der Waals surface area contributed by atoms with Gasteiger partial charge in [-0.2, -0.15) is 0 Å². The molecule has 0 spiro atoms. The average Bonchev–Trinajstić information content (AvgIpc) is 2.67. The fraction of sp³-hybridized carbons (Fsp3) is 0.500. The Morgan fingerprint density at radius 1 is 1.22 bits per heavy atom. The maximum absolute atomic E-state index is 10.3. The molecule has 1 nitrogen and oxygen atoms in total. The molecule has 0 radical (unpaired) electrons. The number of hydrogen-bond donors (Lipinski definition) is 1. The van der Waals surface area contributed by atoms with Crippen LogP contribution in [0, 0.1) is 0 Å². The van der Waals surface area contributed by atoms with E-state index >= 15 is 0 Å². The Bertz CT molecular complexity index is 466. The van der Waals surface area contributed by atoms with Crippen molar-refractivity contribution in [3.63, 3.8) is 0 Å². The molecule has 1 aliphatic carbocycles. The molecule has 0 saturated carbocycles. The summed E-state index contributed by atoms with van der Waals surface area (Å²) in [4.78, 5) is 10.3. The lowest BCUT2D eigenvalue weighted by Gasteiger charge is -2.35. The van der Waals surface area contributed by atoms with E-state index in [1.165, 1.54) is 16.7 Å². The Morgan fingerprint density at radius 2 is 1.89 bits per heavy atom. The van der Waals surface area contributed by atoms with Crippen LogP contribution in [0.2, 0.25) is 18.1 Å². The van der Waals surface area contributed by atoms with E-state index in [2.05, 4.69) is 44.2 Å². The molecule has 0 atom stereocenters. The lowest BCUT2D eigenvalue weighted by Crippen LogP contribution is -2.38. The van der Waals surface area contributed by atoms with Crippen molar-refractivity contribution in [1.29, 1.82) is 0 Å². The van der Waals surface area contributed by atoms with Crippen LogP contribution in [-0.4, -0.2) is 13.1 Å². The maximum Gasteiger partial charge on any atom is 0.188 e. The van der Waals surface area contributed by atoms with Crippen LogP contribution < -0.4 is 0 Å². The van der Waals surface area contributed by atoms with Crippen molar-refractivity contribution in [3.8, 4) is 0 Å². The van der Waals surface area contributed by atoms with E-state index in [4.69, 9.17) is 0 Å². The Kier molecular flexibility index (Phi) is 3.52. The molecule has 0 saturated heterocycles. The molecule has 1 aromatic carbocycles. The van der Waals surface area contributed by atoms with Gasteiger partial charge in [-0.1, -0.05) is 49.8 Å². The van der Waals surface area contributed by atoms with Gasteiger partial charge in [0, 0.05) is 0 Å². The first-order valence-corrected chi connectivity index (χ1v) is 9.74. The lowest BCUT2D eigenvalue weighted by molar-refractivity contribution is 0.450. The van der Waals surface area contributed by atoms with E-state index in [-0.39, 0.29) is 5.04 Å². The van der Waals surface area contributed by atoms with Crippen molar-refractivity contribution >= 4 is 14.4 Å². The minimum absolute atomic E-state index is 0.0859. The summed E-state index contributed by atoms with van der Waals surface area (Å²) in [5, 5.41) is 0.0859. The van der Waals surface area contributed by atoms with E-state index in [1.807, 2.05) is 13.1 Å². The highest BCUT2D eigenvalue weighted by molar-refractivity contribution is 6.72. The van der Waals surface area contributed by atoms with Crippen LogP contribution in [0.4, 0.5) is 0 Å². The third-order valence-electron chi connectivity index (χ3n) is 4.56. The molecule has 0 aliphatic heterocycles. The van der Waals surface area contributed by atoms with Gasteiger partial charge in [-0.05, 0) is 48.5 Å². The van der Waals surface area contributed by atoms with Gasteiger partial charge >= 0.3 is 0 Å². The van der Waals surface area contributed by atoms with Gasteiger partial charge in [-0.3, -0.25) is 0 Å². The third kappa shape index (κ3) is 2.75. The molecular formula is C16H24OSi. The van der Waals surface area contributed by atoms with Crippen molar-refractivity contribution in [2.24, 2.45) is 0 Å². The molecule has 2 heteroatoms. The van der Waals surface area contributed by atoms with Crippen LogP contribution in [0.1, 0.15) is 37.8 Å². The highest BCUT2D eigenvalue weighted by Crippen LogP contribution is 2.42. The largest absolute Gasteiger partial charge is 0.432 e. The average molecular weight is 260 g/mol. The van der Waals surface area contributed by atoms with Gasteiger partial charge < -0.3 is 4.80 Å². The summed E-state index contributed by atoms with van der Waals surface area (Å²) in [5.41, 5.74) is 4.35. The van der Waals surface area contributed by atoms with E-state index < -0.39 is 8.32 Å². The Morgan fingerprint density at radius 3 is 2.50 bits per heavy atom. The molecule has 1 N–H and O–H groups in total. The zero-order valence-electron chi connectivity index (χ0n) is 12.0. The van der Waals surface area contributed by atoms with Gasteiger partial charge in [0.1, 0.15) is 0 Å². The predicted octanol–water partition coefficient (Wildman–Crippen LogP) is 4.38. The van der Waals surface area contributed by atoms with Gasteiger partial charge in [0.05, 0.1) is 0 Å². The second-order valence-electron chi connectivity index (χ2n) is 6.62. The smallest absolute Gasteiger partial charge is 0.188 e. The van der Waals surface area contributed by atoms with Crippen LogP contribution in [0.25, 0.3) is 6.08 Å². The van der Waals surface area contributed by atoms with Crippen LogP contribution in [0.15, 0.2) is 29.8 Å². The third-order valence-corrected chi connectivity index (χ3v) is 8.12. The first-order valence-electron chi connectivity index (χ1n) is 6.79. The highest BCUT2D eigenvalue weighted by atomic mass is 28.4. The van der Waals surface area contributed by atoms with Gasteiger partial charge in [-0.25, -0.2) is 0 Å². The SMILES string of the molecule is CC(C)(CCC1=Cc2ccccc2C1)[Si](C)(C)O. The molecule has 18 heavy (non-hydrogen) atoms. The van der Waals surface area contributed by atoms with Gasteiger partial charge in [0.25, 0.3) is 0 Å². The zero-order chi connectivity index (χ0) is 13.4. The van der Waals surface area contributed by atoms with Gasteiger partial charge in [0.2, 0.25) is 0 Å². The van der Waals surface area contributed by atoms with Gasteiger partial charge in [-0.15, -0.1) is 0 Å². The van der Waals surface area contributed by atoms with Gasteiger partial charge in [0.15, 0.2) is 8.32 Å². The zero-order valence-corrected chi connectivity index (χ0v) is 13.0. The molecule has 0 fully saturated rings. The Hall–Kier alpha value is -0.863. The second-order valence-corrected chi connectivity index (χ2v) is 11.1. The van der Waals surface area contributed by atoms with Crippen molar-refractivity contribution in [2.75, 3.05) is 0 Å². The molecular weight excluding hydrogens is 236 g/mol. The van der Waals surface area contributed by atoms with Crippen molar-refractivity contribution in [1.82, 2.24) is 0 Å². The molecule has 98 valence electrons. The molecule has 0 heterocycles. The van der Waals surface area contributed by atoms with Crippen LogP contribution in [-0.2, 0) is 6.42 Å². The lowest BCUT2D eigenvalue weighted by atomic mass is 10.0. The summed E-state index contributed by atoms with van der Waals surface area (Å²) in [6.07, 6.45) is 5.62. The van der Waals surface area contributed by atoms with E-state index in [1.54, 1.807) is 0 Å². The number of rotatable bonds is 4. The molecule has 2 rings (SSSR count). The first kappa shape index (κ1) is 13.6. The van der Waals surface area contributed by atoms with E-state index in [0.29, 0.717) is 0 Å². The van der Waals surface area contributed by atoms with Crippen molar-refractivity contribution in [3.05, 3.63) is 41.0 Å². The maximum atomic E-state index is 10.3. The fourth-order valence-corrected chi connectivity index (χ4v) is 3.03. The monoisotopic (exact) mass is 260 g/mol. The van der Waals surface area contributed by atoms with Crippen LogP contribution in [0.5, 0.6) is 0 Å². The minimum atomic E-state index is -2.06. The molecule has 1 aromatic rings. The summed E-state index contributed by atoms with van der Waals surface area (Å²) in [7, 11) is -2.06. The molecule has 1 aliphatic rings. The molecule has 0 bridgehead atoms. The number of hydrogen-bond acceptors (Lipinski definition) is 1. The summed E-state index contributed by atoms with van der Waals surface area (Å²) in [6, 6.07) is 8.63. The first-order chi connectivity index (χ1) is 8.29. The molecule has 0 amide bonds. The van der Waals surface area contributed by atoms with Crippen LogP contribution >= 0.6 is 0 Å². The summed E-state index contributed by atoms with van der Waals surface area (Å²) in [5.74, 6) is 0. The summed E-state index contributed by atoms with van der Waals surface area (Å²) < 4.78 is 0. The molecule has 0 unspecified atom stereocenters. The Balaban J connectivity index is 1.99. The van der Waals surface area contributed by atoms with Crippen molar-refractivity contribution < 1.29 is 4.80 Å². The minimum Gasteiger partial charge on any atom is -0.432 e. The second kappa shape index (κ2) is 4.67. The Labute approximate surface area is 112 Å². The summed E-state index contributed by atoms with van der Waals surface area (Å²) >= 11 is 0. The number of fused-ring (bicyclic) bond motifs is 1. The van der Waals surface area contributed by atoms with E-state index in [0.717, 1.165) is 19.3 Å². The number of allylic oxidation sites excluding steroid dienone is 1. The van der Waals surface area contributed by atoms with E-state index in [9.17, 15) is 4.80 Å².